The van der Waals surface area contributed by atoms with Crippen LogP contribution >= 0.6 is 11.6 Å². The third kappa shape index (κ3) is 5.98. The van der Waals surface area contributed by atoms with Gasteiger partial charge in [-0.2, -0.15) is 0 Å². The van der Waals surface area contributed by atoms with Crippen molar-refractivity contribution in [1.29, 1.82) is 0 Å². The second-order valence-corrected chi connectivity index (χ2v) is 7.80. The molecule has 1 aliphatic rings. The molecule has 0 aliphatic carbocycles. The van der Waals surface area contributed by atoms with Crippen LogP contribution in [0.25, 0.3) is 0 Å². The minimum atomic E-state index is 0.124. The van der Waals surface area contributed by atoms with Gasteiger partial charge in [0.2, 0.25) is 5.91 Å². The molecule has 5 heteroatoms. The number of carbonyl (C=O) groups is 1. The van der Waals surface area contributed by atoms with Gasteiger partial charge in [-0.15, -0.1) is 0 Å². The van der Waals surface area contributed by atoms with Crippen molar-refractivity contribution in [2.45, 2.75) is 32.2 Å². The molecule has 0 saturated carbocycles. The number of likely N-dealkylation sites (tertiary alicyclic amines) is 1. The molecule has 150 valence electrons. The quantitative estimate of drug-likeness (QED) is 0.671. The number of benzene rings is 2. The minimum absolute atomic E-state index is 0.124. The molecule has 1 amide bonds. The molecule has 1 saturated heterocycles. The van der Waals surface area contributed by atoms with E-state index in [1.165, 1.54) is 5.56 Å². The van der Waals surface area contributed by atoms with Crippen molar-refractivity contribution >= 4 is 17.5 Å². The summed E-state index contributed by atoms with van der Waals surface area (Å²) in [6.07, 6.45) is 3.69. The highest BCUT2D eigenvalue weighted by Gasteiger charge is 2.24. The molecule has 2 aromatic rings. The normalized spacial score (nSPS) is 15.4. The molecule has 0 bridgehead atoms. The molecule has 0 spiro atoms. The van der Waals surface area contributed by atoms with E-state index in [1.807, 2.05) is 30.3 Å². The maximum Gasteiger partial charge on any atom is 0.223 e. The van der Waals surface area contributed by atoms with E-state index in [2.05, 4.69) is 28.4 Å². The molecule has 2 aromatic carbocycles. The first kappa shape index (κ1) is 20.7. The minimum Gasteiger partial charge on any atom is -0.497 e. The van der Waals surface area contributed by atoms with Crippen LogP contribution in [-0.2, 0) is 17.8 Å². The summed E-state index contributed by atoms with van der Waals surface area (Å²) >= 11 is 6.26. The van der Waals surface area contributed by atoms with Crippen LogP contribution in [0.1, 0.15) is 30.4 Å². The highest BCUT2D eigenvalue weighted by atomic mass is 35.5. The summed E-state index contributed by atoms with van der Waals surface area (Å²) in [7, 11) is 1.68. The van der Waals surface area contributed by atoms with E-state index in [1.54, 1.807) is 7.11 Å². The lowest BCUT2D eigenvalue weighted by Crippen LogP contribution is -2.40. The first-order valence-corrected chi connectivity index (χ1v) is 10.4. The van der Waals surface area contributed by atoms with E-state index in [9.17, 15) is 4.79 Å². The number of hydrogen-bond donors (Lipinski definition) is 1. The number of ether oxygens (including phenoxy) is 1. The van der Waals surface area contributed by atoms with Crippen LogP contribution in [0, 0.1) is 5.92 Å². The van der Waals surface area contributed by atoms with Gasteiger partial charge in [0.15, 0.2) is 0 Å². The van der Waals surface area contributed by atoms with Gasteiger partial charge in [-0.1, -0.05) is 41.9 Å². The molecule has 0 radical (unpaired) electrons. The fourth-order valence-corrected chi connectivity index (χ4v) is 3.89. The van der Waals surface area contributed by atoms with Crippen LogP contribution in [0.5, 0.6) is 5.75 Å². The molecule has 0 atom stereocenters. The fourth-order valence-electron chi connectivity index (χ4n) is 3.70. The number of piperidine rings is 1. The lowest BCUT2D eigenvalue weighted by Gasteiger charge is -2.31. The predicted molar refractivity (Wildman–Crippen MR) is 114 cm³/mol. The highest BCUT2D eigenvalue weighted by Crippen LogP contribution is 2.22. The summed E-state index contributed by atoms with van der Waals surface area (Å²) in [6.45, 7) is 3.45. The van der Waals surface area contributed by atoms with Gasteiger partial charge in [-0.25, -0.2) is 0 Å². The molecule has 1 aliphatic heterocycles. The van der Waals surface area contributed by atoms with Crippen molar-refractivity contribution in [3.8, 4) is 5.75 Å². The predicted octanol–water partition coefficient (Wildman–Crippen LogP) is 4.31. The van der Waals surface area contributed by atoms with Gasteiger partial charge in [-0.05, 0) is 68.1 Å². The van der Waals surface area contributed by atoms with Crippen LogP contribution in [0.4, 0.5) is 0 Å². The molecule has 1 heterocycles. The van der Waals surface area contributed by atoms with Gasteiger partial charge < -0.3 is 10.1 Å². The number of methoxy groups -OCH3 is 1. The van der Waals surface area contributed by atoms with Crippen LogP contribution in [0.2, 0.25) is 5.02 Å². The third-order valence-electron chi connectivity index (χ3n) is 5.39. The Morgan fingerprint density at radius 1 is 1.18 bits per heavy atom. The van der Waals surface area contributed by atoms with Crippen LogP contribution < -0.4 is 10.1 Å². The van der Waals surface area contributed by atoms with Crippen molar-refractivity contribution in [3.05, 3.63) is 64.7 Å². The highest BCUT2D eigenvalue weighted by molar-refractivity contribution is 6.31. The maximum absolute atomic E-state index is 12.5. The number of halogens is 1. The topological polar surface area (TPSA) is 41.6 Å². The number of aryl methyl sites for hydroxylation is 1. The van der Waals surface area contributed by atoms with Crippen molar-refractivity contribution in [3.63, 3.8) is 0 Å². The van der Waals surface area contributed by atoms with E-state index in [-0.39, 0.29) is 11.8 Å². The van der Waals surface area contributed by atoms with E-state index >= 15 is 0 Å². The standard InChI is InChI=1S/C23H29ClN2O2/c1-28-21-9-4-6-18(16-21)7-5-13-25-23(27)19-11-14-26(15-12-19)17-20-8-2-3-10-22(20)24/h2-4,6,8-10,16,19H,5,7,11-15,17H2,1H3,(H,25,27). The number of rotatable bonds is 8. The summed E-state index contributed by atoms with van der Waals surface area (Å²) in [5.74, 6) is 1.20. The average Bonchev–Trinajstić information content (AvgIpc) is 2.73. The van der Waals surface area contributed by atoms with Gasteiger partial charge in [0, 0.05) is 24.0 Å². The SMILES string of the molecule is COc1cccc(CCCNC(=O)C2CCN(Cc3ccccc3Cl)CC2)c1. The van der Waals surface area contributed by atoms with Gasteiger partial charge in [-0.3, -0.25) is 9.69 Å². The molecule has 28 heavy (non-hydrogen) atoms. The Morgan fingerprint density at radius 3 is 2.71 bits per heavy atom. The van der Waals surface area contributed by atoms with Crippen molar-refractivity contribution in [2.24, 2.45) is 5.92 Å². The Balaban J connectivity index is 1.35. The molecule has 1 fully saturated rings. The number of amides is 1. The van der Waals surface area contributed by atoms with E-state index < -0.39 is 0 Å². The Morgan fingerprint density at radius 2 is 1.96 bits per heavy atom. The summed E-state index contributed by atoms with van der Waals surface area (Å²) in [6, 6.07) is 16.1. The van der Waals surface area contributed by atoms with Crippen LogP contribution in [-0.4, -0.2) is 37.6 Å². The second kappa shape index (κ2) is 10.5. The molecular weight excluding hydrogens is 372 g/mol. The number of nitrogens with zero attached hydrogens (tertiary/aromatic N) is 1. The first-order chi connectivity index (χ1) is 13.7. The zero-order valence-electron chi connectivity index (χ0n) is 16.5. The molecule has 1 N–H and O–H groups in total. The van der Waals surface area contributed by atoms with Gasteiger partial charge in [0.25, 0.3) is 0 Å². The molecular formula is C23H29ClN2O2. The lowest BCUT2D eigenvalue weighted by molar-refractivity contribution is -0.126. The zero-order chi connectivity index (χ0) is 19.8. The Labute approximate surface area is 172 Å². The van der Waals surface area contributed by atoms with Crippen molar-refractivity contribution in [1.82, 2.24) is 10.2 Å². The van der Waals surface area contributed by atoms with E-state index in [4.69, 9.17) is 16.3 Å². The summed E-state index contributed by atoms with van der Waals surface area (Å²) < 4.78 is 5.25. The van der Waals surface area contributed by atoms with Crippen LogP contribution in [0.3, 0.4) is 0 Å². The van der Waals surface area contributed by atoms with Crippen molar-refractivity contribution < 1.29 is 9.53 Å². The summed E-state index contributed by atoms with van der Waals surface area (Å²) in [5, 5.41) is 3.93. The Hall–Kier alpha value is -2.04. The lowest BCUT2D eigenvalue weighted by atomic mass is 9.95. The average molecular weight is 401 g/mol. The summed E-state index contributed by atoms with van der Waals surface area (Å²) in [4.78, 5) is 14.8. The second-order valence-electron chi connectivity index (χ2n) is 7.39. The summed E-state index contributed by atoms with van der Waals surface area (Å²) in [5.41, 5.74) is 2.39. The number of hydrogen-bond acceptors (Lipinski definition) is 3. The third-order valence-corrected chi connectivity index (χ3v) is 5.75. The Kier molecular flexibility index (Phi) is 7.75. The smallest absolute Gasteiger partial charge is 0.223 e. The van der Waals surface area contributed by atoms with Gasteiger partial charge in [0.05, 0.1) is 7.11 Å². The molecule has 3 rings (SSSR count). The monoisotopic (exact) mass is 400 g/mol. The van der Waals surface area contributed by atoms with Crippen molar-refractivity contribution in [2.75, 3.05) is 26.7 Å². The number of nitrogens with one attached hydrogen (secondary N) is 1. The molecule has 0 aromatic heterocycles. The Bertz CT molecular complexity index is 773. The van der Waals surface area contributed by atoms with Gasteiger partial charge >= 0.3 is 0 Å². The van der Waals surface area contributed by atoms with Crippen LogP contribution in [0.15, 0.2) is 48.5 Å². The van der Waals surface area contributed by atoms with E-state index in [0.717, 1.165) is 68.2 Å². The maximum atomic E-state index is 12.5. The zero-order valence-corrected chi connectivity index (χ0v) is 17.3. The van der Waals surface area contributed by atoms with E-state index in [0.29, 0.717) is 0 Å². The number of carbonyl (C=O) groups excluding carboxylic acids is 1. The molecule has 0 unspecified atom stereocenters. The fraction of sp³-hybridized carbons (Fsp3) is 0.435. The molecule has 4 nitrogen and oxygen atoms in total. The largest absolute Gasteiger partial charge is 0.497 e. The van der Waals surface area contributed by atoms with Gasteiger partial charge in [0.1, 0.15) is 5.75 Å². The first-order valence-electron chi connectivity index (χ1n) is 10.0.